The van der Waals surface area contributed by atoms with Gasteiger partial charge in [-0.25, -0.2) is 19.3 Å². The topological polar surface area (TPSA) is 101 Å². The number of aryl methyl sites for hydroxylation is 1. The van der Waals surface area contributed by atoms with Gasteiger partial charge in [-0.2, -0.15) is 0 Å². The first-order chi connectivity index (χ1) is 16.5. The van der Waals surface area contributed by atoms with Crippen molar-refractivity contribution >= 4 is 34.7 Å². The molecule has 34 heavy (non-hydrogen) atoms. The van der Waals surface area contributed by atoms with E-state index in [0.717, 1.165) is 11.3 Å². The van der Waals surface area contributed by atoms with E-state index in [0.29, 0.717) is 23.1 Å². The van der Waals surface area contributed by atoms with Crippen LogP contribution >= 0.6 is 0 Å². The van der Waals surface area contributed by atoms with Crippen LogP contribution in [0.2, 0.25) is 0 Å². The zero-order valence-corrected chi connectivity index (χ0v) is 18.6. The van der Waals surface area contributed by atoms with Crippen LogP contribution in [-0.2, 0) is 4.79 Å². The molecule has 1 unspecified atom stereocenters. The summed E-state index contributed by atoms with van der Waals surface area (Å²) in [5.41, 5.74) is 2.44. The molecular weight excluding hydrogens is 435 g/mol. The van der Waals surface area contributed by atoms with Gasteiger partial charge in [0.25, 0.3) is 5.91 Å². The molecule has 3 N–H and O–H groups in total. The van der Waals surface area contributed by atoms with Gasteiger partial charge in [-0.1, -0.05) is 12.1 Å². The van der Waals surface area contributed by atoms with Crippen LogP contribution in [0.15, 0.2) is 79.3 Å². The zero-order valence-electron chi connectivity index (χ0n) is 18.6. The summed E-state index contributed by atoms with van der Waals surface area (Å²) >= 11 is 0. The third kappa shape index (κ3) is 6.04. The minimum Gasteiger partial charge on any atom is -0.478 e. The molecule has 4 aromatic rings. The lowest BCUT2D eigenvalue weighted by Gasteiger charge is -2.15. The normalized spacial score (nSPS) is 11.4. The first-order valence-corrected chi connectivity index (χ1v) is 10.6. The van der Waals surface area contributed by atoms with E-state index in [1.54, 1.807) is 55.6 Å². The number of benzene rings is 2. The summed E-state index contributed by atoms with van der Waals surface area (Å²) in [5.74, 6) is 1.01. The number of nitrogens with one attached hydrogen (secondary N) is 3. The van der Waals surface area contributed by atoms with Crippen molar-refractivity contribution in [1.82, 2.24) is 15.0 Å². The molecule has 172 valence electrons. The van der Waals surface area contributed by atoms with Crippen LogP contribution in [0.5, 0.6) is 5.75 Å². The summed E-state index contributed by atoms with van der Waals surface area (Å²) in [6.45, 7) is 3.55. The molecule has 0 saturated carbocycles. The number of carbonyl (C=O) groups is 1. The number of anilines is 5. The van der Waals surface area contributed by atoms with Crippen LogP contribution in [-0.4, -0.2) is 27.0 Å². The van der Waals surface area contributed by atoms with E-state index in [2.05, 4.69) is 30.9 Å². The average molecular weight is 458 g/mol. The fraction of sp³-hybridized carbons (Fsp3) is 0.120. The number of para-hydroxylation sites is 1. The highest BCUT2D eigenvalue weighted by Gasteiger charge is 2.16. The molecule has 4 rings (SSSR count). The standard InChI is InChI=1S/C25H23FN6O2/c1-16-11-12-27-22(13-16)32-24-14-23(28-15-29-24)30-18-7-9-19(10-8-18)31-25(33)17(2)34-21-6-4-3-5-20(21)26/h3-15,17H,1-2H3,(H,31,33)(H2,27,28,29,30,32). The number of halogens is 1. The van der Waals surface area contributed by atoms with E-state index in [4.69, 9.17) is 4.74 Å². The van der Waals surface area contributed by atoms with Crippen molar-refractivity contribution < 1.29 is 13.9 Å². The van der Waals surface area contributed by atoms with Gasteiger partial charge >= 0.3 is 0 Å². The molecule has 0 radical (unpaired) electrons. The molecule has 1 atom stereocenters. The van der Waals surface area contributed by atoms with Crippen LogP contribution in [0.1, 0.15) is 12.5 Å². The number of rotatable bonds is 8. The molecule has 1 amide bonds. The Kier molecular flexibility index (Phi) is 6.92. The molecule has 0 aliphatic carbocycles. The van der Waals surface area contributed by atoms with Crippen LogP contribution in [0, 0.1) is 12.7 Å². The number of aromatic nitrogens is 3. The lowest BCUT2D eigenvalue weighted by molar-refractivity contribution is -0.122. The van der Waals surface area contributed by atoms with E-state index in [9.17, 15) is 9.18 Å². The van der Waals surface area contributed by atoms with Crippen molar-refractivity contribution in [2.75, 3.05) is 16.0 Å². The fourth-order valence-electron chi connectivity index (χ4n) is 3.04. The van der Waals surface area contributed by atoms with Crippen molar-refractivity contribution in [1.29, 1.82) is 0 Å². The second-order valence-electron chi connectivity index (χ2n) is 7.51. The first-order valence-electron chi connectivity index (χ1n) is 10.6. The van der Waals surface area contributed by atoms with Gasteiger partial charge in [0.2, 0.25) is 0 Å². The van der Waals surface area contributed by atoms with Crippen molar-refractivity contribution in [3.8, 4) is 5.75 Å². The fourth-order valence-corrected chi connectivity index (χ4v) is 3.04. The van der Waals surface area contributed by atoms with Crippen molar-refractivity contribution in [3.63, 3.8) is 0 Å². The number of hydrogen-bond donors (Lipinski definition) is 3. The van der Waals surface area contributed by atoms with E-state index >= 15 is 0 Å². The second kappa shape index (κ2) is 10.4. The Balaban J connectivity index is 1.34. The Labute approximate surface area is 196 Å². The van der Waals surface area contributed by atoms with E-state index < -0.39 is 11.9 Å². The minimum absolute atomic E-state index is 0.0292. The summed E-state index contributed by atoms with van der Waals surface area (Å²) in [7, 11) is 0. The van der Waals surface area contributed by atoms with Gasteiger partial charge in [-0.15, -0.1) is 0 Å². The third-order valence-corrected chi connectivity index (χ3v) is 4.77. The molecule has 2 aromatic carbocycles. The molecule has 2 aromatic heterocycles. The minimum atomic E-state index is -0.871. The maximum Gasteiger partial charge on any atom is 0.265 e. The van der Waals surface area contributed by atoms with Gasteiger partial charge in [0, 0.05) is 23.6 Å². The van der Waals surface area contributed by atoms with Crippen molar-refractivity contribution in [2.24, 2.45) is 0 Å². The zero-order chi connectivity index (χ0) is 23.9. The Morgan fingerprint density at radius 1 is 0.882 bits per heavy atom. The maximum absolute atomic E-state index is 13.7. The predicted octanol–water partition coefficient (Wildman–Crippen LogP) is 5.21. The monoisotopic (exact) mass is 458 g/mol. The number of pyridine rings is 1. The molecule has 2 heterocycles. The van der Waals surface area contributed by atoms with Gasteiger partial charge < -0.3 is 20.7 Å². The molecule has 8 nitrogen and oxygen atoms in total. The lowest BCUT2D eigenvalue weighted by atomic mass is 10.2. The molecule has 0 spiro atoms. The van der Waals surface area contributed by atoms with Crippen LogP contribution < -0.4 is 20.7 Å². The van der Waals surface area contributed by atoms with Gasteiger partial charge in [0.15, 0.2) is 17.7 Å². The smallest absolute Gasteiger partial charge is 0.265 e. The number of hydrogen-bond acceptors (Lipinski definition) is 7. The van der Waals surface area contributed by atoms with Gasteiger partial charge in [0.1, 0.15) is 23.8 Å². The Hall–Kier alpha value is -4.53. The Morgan fingerprint density at radius 3 is 2.29 bits per heavy atom. The second-order valence-corrected chi connectivity index (χ2v) is 7.51. The van der Waals surface area contributed by atoms with Crippen LogP contribution in [0.25, 0.3) is 0 Å². The third-order valence-electron chi connectivity index (χ3n) is 4.77. The van der Waals surface area contributed by atoms with Crippen LogP contribution in [0.3, 0.4) is 0 Å². The molecule has 0 fully saturated rings. The summed E-state index contributed by atoms with van der Waals surface area (Å²) in [6.07, 6.45) is 2.31. The van der Waals surface area contributed by atoms with E-state index in [1.807, 2.05) is 19.1 Å². The largest absolute Gasteiger partial charge is 0.478 e. The highest BCUT2D eigenvalue weighted by molar-refractivity contribution is 5.94. The quantitative estimate of drug-likeness (QED) is 0.333. The highest BCUT2D eigenvalue weighted by atomic mass is 19.1. The van der Waals surface area contributed by atoms with Gasteiger partial charge in [-0.3, -0.25) is 4.79 Å². The van der Waals surface area contributed by atoms with Gasteiger partial charge in [-0.05, 0) is 67.9 Å². The summed E-state index contributed by atoms with van der Waals surface area (Å²) < 4.78 is 19.2. The molecule has 0 aliphatic heterocycles. The lowest BCUT2D eigenvalue weighted by Crippen LogP contribution is -2.30. The average Bonchev–Trinajstić information content (AvgIpc) is 2.82. The van der Waals surface area contributed by atoms with Crippen molar-refractivity contribution in [2.45, 2.75) is 20.0 Å². The molecular formula is C25H23FN6O2. The first kappa shape index (κ1) is 22.7. The van der Waals surface area contributed by atoms with E-state index in [1.165, 1.54) is 18.5 Å². The van der Waals surface area contributed by atoms with Crippen molar-refractivity contribution in [3.05, 3.63) is 90.6 Å². The molecule has 0 saturated heterocycles. The highest BCUT2D eigenvalue weighted by Crippen LogP contribution is 2.21. The molecule has 0 bridgehead atoms. The predicted molar refractivity (Wildman–Crippen MR) is 129 cm³/mol. The van der Waals surface area contributed by atoms with Gasteiger partial charge in [0.05, 0.1) is 0 Å². The Bertz CT molecular complexity index is 1280. The molecule has 0 aliphatic rings. The summed E-state index contributed by atoms with van der Waals surface area (Å²) in [4.78, 5) is 25.1. The SMILES string of the molecule is Cc1ccnc(Nc2cc(Nc3ccc(NC(=O)C(C)Oc4ccccc4F)cc3)ncn2)c1. The maximum atomic E-state index is 13.7. The molecule has 9 heteroatoms. The van der Waals surface area contributed by atoms with Crippen LogP contribution in [0.4, 0.5) is 33.2 Å². The summed E-state index contributed by atoms with van der Waals surface area (Å²) in [6, 6.07) is 18.7. The number of amides is 1. The number of nitrogens with zero attached hydrogens (tertiary/aromatic N) is 3. The summed E-state index contributed by atoms with van der Waals surface area (Å²) in [5, 5.41) is 9.10. The van der Waals surface area contributed by atoms with E-state index in [-0.39, 0.29) is 11.7 Å². The number of carbonyl (C=O) groups excluding carboxylic acids is 1. The Morgan fingerprint density at radius 2 is 1.56 bits per heavy atom. The number of ether oxygens (including phenoxy) is 1.